The van der Waals surface area contributed by atoms with Crippen LogP contribution in [-0.2, 0) is 6.54 Å². The zero-order valence-corrected chi connectivity index (χ0v) is 10.2. The molecule has 1 aliphatic heterocycles. The highest BCUT2D eigenvalue weighted by Gasteiger charge is 2.18. The van der Waals surface area contributed by atoms with E-state index in [0.717, 1.165) is 24.9 Å². The van der Waals surface area contributed by atoms with Gasteiger partial charge in [0.25, 0.3) is 0 Å². The van der Waals surface area contributed by atoms with Crippen molar-refractivity contribution in [2.24, 2.45) is 0 Å². The zero-order valence-electron chi connectivity index (χ0n) is 8.74. The Morgan fingerprint density at radius 1 is 1.50 bits per heavy atom. The predicted octanol–water partition coefficient (Wildman–Crippen LogP) is 1.74. The zero-order chi connectivity index (χ0) is 11.5. The predicted molar refractivity (Wildman–Crippen MR) is 62.6 cm³/mol. The number of aliphatic hydroxyl groups is 1. The Balaban J connectivity index is 2.02. The molecule has 0 amide bonds. The van der Waals surface area contributed by atoms with Gasteiger partial charge in [0.15, 0.2) is 0 Å². The van der Waals surface area contributed by atoms with E-state index < -0.39 is 0 Å². The minimum Gasteiger partial charge on any atom is -0.392 e. The van der Waals surface area contributed by atoms with E-state index in [-0.39, 0.29) is 11.4 Å². The van der Waals surface area contributed by atoms with Crippen LogP contribution in [0.15, 0.2) is 6.20 Å². The van der Waals surface area contributed by atoms with Crippen LogP contribution in [0.4, 0.5) is 0 Å². The molecule has 2 rings (SSSR count). The maximum Gasteiger partial charge on any atom is 0.223 e. The summed E-state index contributed by atoms with van der Waals surface area (Å²) in [5, 5.41) is 10.1. The van der Waals surface area contributed by atoms with Crippen molar-refractivity contribution in [1.29, 1.82) is 0 Å². The van der Waals surface area contributed by atoms with E-state index in [1.807, 2.05) is 0 Å². The average Bonchev–Trinajstić information content (AvgIpc) is 2.22. The van der Waals surface area contributed by atoms with Crippen LogP contribution in [0.1, 0.15) is 18.4 Å². The lowest BCUT2D eigenvalue weighted by Gasteiger charge is -2.29. The number of piperidine rings is 1. The highest BCUT2D eigenvalue weighted by molar-refractivity contribution is 6.32. The van der Waals surface area contributed by atoms with Gasteiger partial charge in [0.05, 0.1) is 6.10 Å². The average molecular weight is 262 g/mol. The molecule has 4 nitrogen and oxygen atoms in total. The van der Waals surface area contributed by atoms with E-state index in [1.54, 1.807) is 6.20 Å². The fourth-order valence-electron chi connectivity index (χ4n) is 1.89. The molecule has 0 radical (unpaired) electrons. The molecule has 0 aromatic carbocycles. The molecule has 16 heavy (non-hydrogen) atoms. The molecule has 1 N–H and O–H groups in total. The van der Waals surface area contributed by atoms with Gasteiger partial charge in [-0.2, -0.15) is 0 Å². The summed E-state index contributed by atoms with van der Waals surface area (Å²) in [4.78, 5) is 9.94. The molecule has 1 atom stereocenters. The number of aromatic nitrogens is 2. The number of likely N-dealkylation sites (tertiary alicyclic amines) is 1. The van der Waals surface area contributed by atoms with Crippen LogP contribution in [0, 0.1) is 0 Å². The molecular weight excluding hydrogens is 249 g/mol. The number of rotatable bonds is 2. The fourth-order valence-corrected chi connectivity index (χ4v) is 2.25. The van der Waals surface area contributed by atoms with E-state index in [0.29, 0.717) is 18.2 Å². The van der Waals surface area contributed by atoms with Gasteiger partial charge in [-0.3, -0.25) is 4.90 Å². The van der Waals surface area contributed by atoms with Crippen molar-refractivity contribution in [1.82, 2.24) is 14.9 Å². The second kappa shape index (κ2) is 5.27. The Morgan fingerprint density at radius 2 is 2.31 bits per heavy atom. The third-order valence-electron chi connectivity index (χ3n) is 2.66. The lowest BCUT2D eigenvalue weighted by atomic mass is 10.1. The Hall–Kier alpha value is -0.420. The number of hydrogen-bond donors (Lipinski definition) is 1. The molecule has 0 bridgehead atoms. The molecule has 1 saturated heterocycles. The quantitative estimate of drug-likeness (QED) is 0.651. The van der Waals surface area contributed by atoms with E-state index >= 15 is 0 Å². The summed E-state index contributed by atoms with van der Waals surface area (Å²) < 4.78 is 0. The Labute approximate surface area is 104 Å². The summed E-state index contributed by atoms with van der Waals surface area (Å²) >= 11 is 11.6. The van der Waals surface area contributed by atoms with Crippen LogP contribution in [0.2, 0.25) is 10.4 Å². The van der Waals surface area contributed by atoms with Gasteiger partial charge in [0, 0.05) is 24.8 Å². The molecule has 0 aliphatic carbocycles. The van der Waals surface area contributed by atoms with Gasteiger partial charge < -0.3 is 5.11 Å². The van der Waals surface area contributed by atoms with E-state index in [9.17, 15) is 5.11 Å². The topological polar surface area (TPSA) is 49.2 Å². The highest BCUT2D eigenvalue weighted by atomic mass is 35.5. The molecule has 88 valence electrons. The Kier molecular flexibility index (Phi) is 3.97. The molecule has 1 fully saturated rings. The maximum absolute atomic E-state index is 9.54. The molecule has 0 unspecified atom stereocenters. The summed E-state index contributed by atoms with van der Waals surface area (Å²) in [6.45, 7) is 2.31. The number of hydrogen-bond acceptors (Lipinski definition) is 4. The lowest BCUT2D eigenvalue weighted by molar-refractivity contribution is 0.0667. The van der Waals surface area contributed by atoms with Crippen LogP contribution in [0.5, 0.6) is 0 Å². The van der Waals surface area contributed by atoms with Crippen molar-refractivity contribution in [3.63, 3.8) is 0 Å². The van der Waals surface area contributed by atoms with Gasteiger partial charge in [-0.15, -0.1) is 0 Å². The molecule has 1 aromatic heterocycles. The van der Waals surface area contributed by atoms with E-state index in [4.69, 9.17) is 23.2 Å². The van der Waals surface area contributed by atoms with Crippen LogP contribution < -0.4 is 0 Å². The standard InChI is InChI=1S/C10H13Cl2N3O/c11-9-7(4-13-10(12)14-9)5-15-3-1-2-8(16)6-15/h4,8,16H,1-3,5-6H2/t8-/m0/s1. The summed E-state index contributed by atoms with van der Waals surface area (Å²) in [6, 6.07) is 0. The summed E-state index contributed by atoms with van der Waals surface area (Å²) in [5.74, 6) is 0. The first-order chi connectivity index (χ1) is 7.65. The largest absolute Gasteiger partial charge is 0.392 e. The first-order valence-corrected chi connectivity index (χ1v) is 5.98. The SMILES string of the molecule is O[C@H]1CCCN(Cc2cnc(Cl)nc2Cl)C1. The number of aliphatic hydroxyl groups excluding tert-OH is 1. The minimum atomic E-state index is -0.235. The summed E-state index contributed by atoms with van der Waals surface area (Å²) in [5.41, 5.74) is 0.847. The van der Waals surface area contributed by atoms with Gasteiger partial charge >= 0.3 is 0 Å². The van der Waals surface area contributed by atoms with E-state index in [1.165, 1.54) is 0 Å². The number of halogens is 2. The van der Waals surface area contributed by atoms with Crippen LogP contribution in [-0.4, -0.2) is 39.2 Å². The Morgan fingerprint density at radius 3 is 3.00 bits per heavy atom. The van der Waals surface area contributed by atoms with Crippen molar-refractivity contribution < 1.29 is 5.11 Å². The molecule has 1 aromatic rings. The minimum absolute atomic E-state index is 0.160. The number of nitrogens with zero attached hydrogens (tertiary/aromatic N) is 3. The highest BCUT2D eigenvalue weighted by Crippen LogP contribution is 2.18. The maximum atomic E-state index is 9.54. The van der Waals surface area contributed by atoms with Crippen LogP contribution in [0.3, 0.4) is 0 Å². The van der Waals surface area contributed by atoms with Gasteiger partial charge in [-0.25, -0.2) is 9.97 Å². The van der Waals surface area contributed by atoms with Crippen molar-refractivity contribution in [3.05, 3.63) is 22.2 Å². The van der Waals surface area contributed by atoms with Crippen molar-refractivity contribution >= 4 is 23.2 Å². The van der Waals surface area contributed by atoms with Gasteiger partial charge in [0.1, 0.15) is 5.15 Å². The fraction of sp³-hybridized carbons (Fsp3) is 0.600. The van der Waals surface area contributed by atoms with Crippen LogP contribution in [0.25, 0.3) is 0 Å². The molecule has 2 heterocycles. The van der Waals surface area contributed by atoms with E-state index in [2.05, 4.69) is 14.9 Å². The summed E-state index contributed by atoms with van der Waals surface area (Å²) in [6.07, 6.45) is 3.29. The third kappa shape index (κ3) is 3.04. The van der Waals surface area contributed by atoms with Crippen LogP contribution >= 0.6 is 23.2 Å². The van der Waals surface area contributed by atoms with Gasteiger partial charge in [0.2, 0.25) is 5.28 Å². The molecule has 0 saturated carbocycles. The second-order valence-corrected chi connectivity index (χ2v) is 4.68. The molecular formula is C10H13Cl2N3O. The normalized spacial score (nSPS) is 22.3. The molecule has 1 aliphatic rings. The summed E-state index contributed by atoms with van der Waals surface area (Å²) in [7, 11) is 0. The van der Waals surface area contributed by atoms with Crippen molar-refractivity contribution in [2.75, 3.05) is 13.1 Å². The lowest BCUT2D eigenvalue weighted by Crippen LogP contribution is -2.37. The monoisotopic (exact) mass is 261 g/mol. The molecule has 0 spiro atoms. The van der Waals surface area contributed by atoms with Gasteiger partial charge in [-0.1, -0.05) is 11.6 Å². The van der Waals surface area contributed by atoms with Crippen molar-refractivity contribution in [2.45, 2.75) is 25.5 Å². The van der Waals surface area contributed by atoms with Crippen molar-refractivity contribution in [3.8, 4) is 0 Å². The first-order valence-electron chi connectivity index (χ1n) is 5.22. The second-order valence-electron chi connectivity index (χ2n) is 3.99. The molecule has 6 heteroatoms. The Bertz CT molecular complexity index is 375. The van der Waals surface area contributed by atoms with Gasteiger partial charge in [-0.05, 0) is 31.0 Å². The number of β-amino-alcohol motifs (C(OH)–C–C–N with tert-alkyl or cyclic N) is 1. The first kappa shape index (κ1) is 12.0. The third-order valence-corrected chi connectivity index (χ3v) is 3.17. The smallest absolute Gasteiger partial charge is 0.223 e.